The van der Waals surface area contributed by atoms with Gasteiger partial charge in [0, 0.05) is 16.8 Å². The molecule has 7 nitrogen and oxygen atoms in total. The Morgan fingerprint density at radius 1 is 1.08 bits per heavy atom. The summed E-state index contributed by atoms with van der Waals surface area (Å²) in [4.78, 5) is 11.8. The number of nitrogens with two attached hydrogens (primary N) is 1. The fourth-order valence-electron chi connectivity index (χ4n) is 2.64. The number of phenols is 1. The van der Waals surface area contributed by atoms with E-state index in [4.69, 9.17) is 10.3 Å². The molecule has 0 aliphatic heterocycles. The van der Waals surface area contributed by atoms with Crippen LogP contribution in [0.4, 0.5) is 11.4 Å². The number of anilines is 2. The molecule has 3 rings (SSSR count). The minimum atomic E-state index is -4.53. The van der Waals surface area contributed by atoms with Crippen LogP contribution in [0.1, 0.15) is 15.9 Å². The molecule has 0 saturated carbocycles. The number of rotatable bonds is 3. The van der Waals surface area contributed by atoms with Crippen LogP contribution in [0.2, 0.25) is 0 Å². The lowest BCUT2D eigenvalue weighted by molar-refractivity contribution is 0.102. The van der Waals surface area contributed by atoms with Gasteiger partial charge in [0.05, 0.1) is 5.56 Å². The summed E-state index contributed by atoms with van der Waals surface area (Å²) in [5.41, 5.74) is 7.87. The number of hydrogen-bond donors (Lipinski definition) is 4. The third kappa shape index (κ3) is 3.32. The number of nitrogen functional groups attached to an aromatic ring is 1. The molecule has 0 aromatic heterocycles. The molecule has 0 saturated heterocycles. The number of aryl methyl sites for hydroxylation is 1. The number of carbonyl (C=O) groups is 1. The summed E-state index contributed by atoms with van der Waals surface area (Å²) in [6.45, 7) is 1.85. The maximum atomic E-state index is 12.4. The lowest BCUT2D eigenvalue weighted by atomic mass is 10.1. The number of nitrogens with one attached hydrogen (secondary N) is 1. The van der Waals surface area contributed by atoms with Crippen LogP contribution in [0.15, 0.2) is 53.4 Å². The molecule has 0 heterocycles. The van der Waals surface area contributed by atoms with Crippen LogP contribution in [0.3, 0.4) is 0 Å². The molecule has 1 amide bonds. The van der Waals surface area contributed by atoms with Crippen LogP contribution in [-0.2, 0) is 10.1 Å². The SMILES string of the molecule is Cc1ccc(N)c(C(=O)Nc2ccc3c(O)c(S(=O)(=O)O)ccc3c2)c1. The Morgan fingerprint density at radius 2 is 1.81 bits per heavy atom. The van der Waals surface area contributed by atoms with Crippen LogP contribution >= 0.6 is 0 Å². The molecule has 0 unspecified atom stereocenters. The van der Waals surface area contributed by atoms with Crippen molar-refractivity contribution in [1.29, 1.82) is 0 Å². The zero-order chi connectivity index (χ0) is 19.1. The van der Waals surface area contributed by atoms with Gasteiger partial charge >= 0.3 is 0 Å². The van der Waals surface area contributed by atoms with Crippen LogP contribution in [0.25, 0.3) is 10.8 Å². The molecule has 0 fully saturated rings. The first-order valence-corrected chi connectivity index (χ1v) is 9.01. The van der Waals surface area contributed by atoms with E-state index in [9.17, 15) is 18.3 Å². The maximum Gasteiger partial charge on any atom is 0.298 e. The van der Waals surface area contributed by atoms with Gasteiger partial charge in [-0.25, -0.2) is 0 Å². The van der Waals surface area contributed by atoms with E-state index in [1.165, 1.54) is 18.2 Å². The average molecular weight is 372 g/mol. The lowest BCUT2D eigenvalue weighted by Crippen LogP contribution is -2.14. The van der Waals surface area contributed by atoms with Crippen molar-refractivity contribution in [2.75, 3.05) is 11.1 Å². The molecule has 0 aliphatic carbocycles. The summed E-state index contributed by atoms with van der Waals surface area (Å²) in [6, 6.07) is 12.2. The van der Waals surface area contributed by atoms with Crippen molar-refractivity contribution in [3.05, 3.63) is 59.7 Å². The van der Waals surface area contributed by atoms with Gasteiger partial charge < -0.3 is 16.2 Å². The summed E-state index contributed by atoms with van der Waals surface area (Å²) in [6.07, 6.45) is 0. The standard InChI is InChI=1S/C18H16N2O5S/c1-10-2-6-15(19)14(8-10)18(22)20-12-4-5-13-11(9-12)3-7-16(17(13)21)26(23,24)25/h2-9,21H,19H2,1H3,(H,20,22)(H,23,24,25). The van der Waals surface area contributed by atoms with Gasteiger partial charge in [0.15, 0.2) is 0 Å². The van der Waals surface area contributed by atoms with Crippen LogP contribution < -0.4 is 11.1 Å². The van der Waals surface area contributed by atoms with Gasteiger partial charge in [0.2, 0.25) is 0 Å². The molecule has 0 radical (unpaired) electrons. The minimum absolute atomic E-state index is 0.230. The highest BCUT2D eigenvalue weighted by molar-refractivity contribution is 7.86. The zero-order valence-electron chi connectivity index (χ0n) is 13.7. The molecule has 3 aromatic carbocycles. The number of hydrogen-bond acceptors (Lipinski definition) is 5. The van der Waals surface area contributed by atoms with Gasteiger partial charge in [0.25, 0.3) is 16.0 Å². The Labute approximate surface area is 149 Å². The predicted octanol–water partition coefficient (Wildman–Crippen LogP) is 2.94. The van der Waals surface area contributed by atoms with Crippen molar-refractivity contribution in [3.8, 4) is 5.75 Å². The molecule has 3 aromatic rings. The molecule has 5 N–H and O–H groups in total. The fourth-order valence-corrected chi connectivity index (χ4v) is 3.24. The third-order valence-electron chi connectivity index (χ3n) is 3.94. The van der Waals surface area contributed by atoms with E-state index in [1.54, 1.807) is 24.3 Å². The summed E-state index contributed by atoms with van der Waals surface area (Å²) in [7, 11) is -4.53. The van der Waals surface area contributed by atoms with Crippen molar-refractivity contribution in [2.45, 2.75) is 11.8 Å². The van der Waals surface area contributed by atoms with Crippen LogP contribution in [-0.4, -0.2) is 24.0 Å². The van der Waals surface area contributed by atoms with E-state index >= 15 is 0 Å². The Kier molecular flexibility index (Phi) is 4.31. The molecule has 8 heteroatoms. The number of amides is 1. The van der Waals surface area contributed by atoms with Crippen molar-refractivity contribution >= 4 is 38.2 Å². The molecule has 0 aliphatic rings. The first-order chi connectivity index (χ1) is 12.2. The summed E-state index contributed by atoms with van der Waals surface area (Å²) in [5.74, 6) is -0.935. The molecule has 0 spiro atoms. The van der Waals surface area contributed by atoms with Gasteiger partial charge in [-0.1, -0.05) is 17.7 Å². The fraction of sp³-hybridized carbons (Fsp3) is 0.0556. The summed E-state index contributed by atoms with van der Waals surface area (Å²) in [5, 5.41) is 13.5. The second-order valence-electron chi connectivity index (χ2n) is 5.87. The third-order valence-corrected chi connectivity index (χ3v) is 4.83. The van der Waals surface area contributed by atoms with Crippen molar-refractivity contribution in [3.63, 3.8) is 0 Å². The molecule has 134 valence electrons. The number of fused-ring (bicyclic) bond motifs is 1. The van der Waals surface area contributed by atoms with Gasteiger partial charge in [-0.15, -0.1) is 0 Å². The minimum Gasteiger partial charge on any atom is -0.506 e. The van der Waals surface area contributed by atoms with E-state index in [2.05, 4.69) is 5.32 Å². The lowest BCUT2D eigenvalue weighted by Gasteiger charge is -2.10. The first-order valence-electron chi connectivity index (χ1n) is 7.57. The highest BCUT2D eigenvalue weighted by Gasteiger charge is 2.18. The summed E-state index contributed by atoms with van der Waals surface area (Å²) >= 11 is 0. The van der Waals surface area contributed by atoms with Gasteiger partial charge in [-0.3, -0.25) is 9.35 Å². The van der Waals surface area contributed by atoms with E-state index in [0.29, 0.717) is 22.3 Å². The highest BCUT2D eigenvalue weighted by Crippen LogP contribution is 2.33. The monoisotopic (exact) mass is 372 g/mol. The Hall–Kier alpha value is -3.10. The Bertz CT molecular complexity index is 1140. The summed E-state index contributed by atoms with van der Waals surface area (Å²) < 4.78 is 31.6. The number of benzene rings is 3. The van der Waals surface area contributed by atoms with Crippen molar-refractivity contribution < 1.29 is 22.9 Å². The quantitative estimate of drug-likeness (QED) is 0.413. The molecule has 0 atom stereocenters. The highest BCUT2D eigenvalue weighted by atomic mass is 32.2. The van der Waals surface area contributed by atoms with Gasteiger partial charge in [0.1, 0.15) is 10.6 Å². The van der Waals surface area contributed by atoms with Crippen molar-refractivity contribution in [2.24, 2.45) is 0 Å². The second-order valence-corrected chi connectivity index (χ2v) is 7.26. The number of phenolic OH excluding ortho intramolecular Hbond substituents is 1. The Morgan fingerprint density at radius 3 is 2.50 bits per heavy atom. The predicted molar refractivity (Wildman–Crippen MR) is 99.0 cm³/mol. The average Bonchev–Trinajstić information content (AvgIpc) is 2.56. The van der Waals surface area contributed by atoms with Gasteiger partial charge in [-0.2, -0.15) is 8.42 Å². The van der Waals surface area contributed by atoms with Crippen LogP contribution in [0, 0.1) is 6.92 Å². The van der Waals surface area contributed by atoms with E-state index in [1.807, 2.05) is 6.92 Å². The number of aromatic hydroxyl groups is 1. The van der Waals surface area contributed by atoms with Gasteiger partial charge in [-0.05, 0) is 48.7 Å². The smallest absolute Gasteiger partial charge is 0.298 e. The van der Waals surface area contributed by atoms with Crippen molar-refractivity contribution in [1.82, 2.24) is 0 Å². The topological polar surface area (TPSA) is 130 Å². The molecular weight excluding hydrogens is 356 g/mol. The van der Waals surface area contributed by atoms with E-state index in [0.717, 1.165) is 11.6 Å². The normalized spacial score (nSPS) is 11.5. The van der Waals surface area contributed by atoms with Crippen LogP contribution in [0.5, 0.6) is 5.75 Å². The second kappa shape index (κ2) is 6.32. The van der Waals surface area contributed by atoms with E-state index < -0.39 is 20.8 Å². The molecule has 0 bridgehead atoms. The van der Waals surface area contributed by atoms with E-state index in [-0.39, 0.29) is 11.3 Å². The molecular formula is C18H16N2O5S. The Balaban J connectivity index is 1.97. The largest absolute Gasteiger partial charge is 0.506 e. The maximum absolute atomic E-state index is 12.4. The molecule has 26 heavy (non-hydrogen) atoms. The first kappa shape index (κ1) is 17.7. The number of carbonyl (C=O) groups excluding carboxylic acids is 1. The zero-order valence-corrected chi connectivity index (χ0v) is 14.5.